The Balaban J connectivity index is 1.78. The predicted octanol–water partition coefficient (Wildman–Crippen LogP) is 1.15. The van der Waals surface area contributed by atoms with Crippen LogP contribution in [0.25, 0.3) is 0 Å². The van der Waals surface area contributed by atoms with Crippen molar-refractivity contribution < 1.29 is 27.4 Å². The zero-order chi connectivity index (χ0) is 17.5. The van der Waals surface area contributed by atoms with Gasteiger partial charge >= 0.3 is 6.18 Å². The van der Waals surface area contributed by atoms with Gasteiger partial charge in [0.1, 0.15) is 18.0 Å². The van der Waals surface area contributed by atoms with Crippen molar-refractivity contribution in [3.05, 3.63) is 18.1 Å². The van der Waals surface area contributed by atoms with E-state index < -0.39 is 35.9 Å². The van der Waals surface area contributed by atoms with Gasteiger partial charge in [0.05, 0.1) is 31.1 Å². The van der Waals surface area contributed by atoms with Gasteiger partial charge in [-0.05, 0) is 13.8 Å². The van der Waals surface area contributed by atoms with Gasteiger partial charge in [-0.25, -0.2) is 4.98 Å². The smallest absolute Gasteiger partial charge is 0.372 e. The first-order chi connectivity index (χ1) is 11.2. The quantitative estimate of drug-likeness (QED) is 0.847. The van der Waals surface area contributed by atoms with Crippen LogP contribution >= 0.6 is 0 Å². The second-order valence-corrected chi connectivity index (χ2v) is 6.21. The highest BCUT2D eigenvalue weighted by molar-refractivity contribution is 5.35. The minimum absolute atomic E-state index is 0.00307. The standard InChI is InChI=1S/C14H19F3N4O3/c1-13(2)23-11-7(6-22-8(3-18)12(11)24-13)20-10-5-19-4-9(21-10)14(15,16)17/h4-5,7-8,11-12H,3,6,18H2,1-2H3,(H,20,21)/t7?,8-,11-,12+/m1/s1. The summed E-state index contributed by atoms with van der Waals surface area (Å²) in [6.07, 6.45) is -3.82. The van der Waals surface area contributed by atoms with Crippen molar-refractivity contribution in [1.82, 2.24) is 9.97 Å². The van der Waals surface area contributed by atoms with Crippen molar-refractivity contribution in [2.45, 2.75) is 50.2 Å². The second-order valence-electron chi connectivity index (χ2n) is 6.21. The monoisotopic (exact) mass is 348 g/mol. The summed E-state index contributed by atoms with van der Waals surface area (Å²) < 4.78 is 55.6. The highest BCUT2D eigenvalue weighted by Crippen LogP contribution is 2.36. The summed E-state index contributed by atoms with van der Waals surface area (Å²) in [6.45, 7) is 4.00. The second kappa shape index (κ2) is 6.10. The van der Waals surface area contributed by atoms with Crippen LogP contribution in [0.15, 0.2) is 12.4 Å². The number of hydrogen-bond donors (Lipinski definition) is 2. The van der Waals surface area contributed by atoms with Crippen LogP contribution in [0, 0.1) is 0 Å². The molecule has 1 aromatic rings. The first-order valence-electron chi connectivity index (χ1n) is 7.53. The molecule has 0 radical (unpaired) electrons. The molecule has 0 spiro atoms. The molecule has 24 heavy (non-hydrogen) atoms. The number of fused-ring (bicyclic) bond motifs is 1. The molecule has 3 rings (SSSR count). The predicted molar refractivity (Wildman–Crippen MR) is 77.1 cm³/mol. The number of alkyl halides is 3. The van der Waals surface area contributed by atoms with Gasteiger partial charge in [0, 0.05) is 6.54 Å². The molecule has 0 aromatic carbocycles. The third-order valence-electron chi connectivity index (χ3n) is 3.91. The fourth-order valence-electron chi connectivity index (χ4n) is 2.92. The number of nitrogens with zero attached hydrogens (tertiary/aromatic N) is 2. The SMILES string of the molecule is CC1(C)O[C@@H]2[C@H](O1)C(Nc1cncc(C(F)(F)F)n1)CO[C@@H]2CN. The molecule has 10 heteroatoms. The molecule has 134 valence electrons. The summed E-state index contributed by atoms with van der Waals surface area (Å²) in [5.74, 6) is -0.827. The summed E-state index contributed by atoms with van der Waals surface area (Å²) in [4.78, 5) is 7.14. The van der Waals surface area contributed by atoms with Crippen LogP contribution in [0.4, 0.5) is 19.0 Å². The van der Waals surface area contributed by atoms with E-state index in [9.17, 15) is 13.2 Å². The van der Waals surface area contributed by atoms with Crippen molar-refractivity contribution in [3.63, 3.8) is 0 Å². The normalized spacial score (nSPS) is 32.4. The van der Waals surface area contributed by atoms with Gasteiger partial charge in [-0.15, -0.1) is 0 Å². The molecule has 2 aliphatic rings. The molecule has 0 saturated carbocycles. The van der Waals surface area contributed by atoms with Gasteiger partial charge < -0.3 is 25.3 Å². The van der Waals surface area contributed by atoms with E-state index in [2.05, 4.69) is 15.3 Å². The van der Waals surface area contributed by atoms with E-state index in [0.717, 1.165) is 0 Å². The largest absolute Gasteiger partial charge is 0.434 e. The zero-order valence-electron chi connectivity index (χ0n) is 13.2. The molecule has 2 saturated heterocycles. The molecular weight excluding hydrogens is 329 g/mol. The average molecular weight is 348 g/mol. The van der Waals surface area contributed by atoms with Gasteiger partial charge in [-0.1, -0.05) is 0 Å². The Labute approximate surface area is 136 Å². The lowest BCUT2D eigenvalue weighted by molar-refractivity contribution is -0.152. The van der Waals surface area contributed by atoms with Crippen LogP contribution < -0.4 is 11.1 Å². The molecule has 0 aliphatic carbocycles. The molecule has 3 N–H and O–H groups in total. The molecular formula is C14H19F3N4O3. The number of ether oxygens (including phenoxy) is 3. The molecule has 2 fully saturated rings. The number of hydrogen-bond acceptors (Lipinski definition) is 7. The highest BCUT2D eigenvalue weighted by atomic mass is 19.4. The Bertz CT molecular complexity index is 599. The molecule has 0 amide bonds. The highest BCUT2D eigenvalue weighted by Gasteiger charge is 2.51. The summed E-state index contributed by atoms with van der Waals surface area (Å²) >= 11 is 0. The van der Waals surface area contributed by atoms with Gasteiger partial charge in [-0.3, -0.25) is 4.98 Å². The average Bonchev–Trinajstić information content (AvgIpc) is 2.83. The minimum Gasteiger partial charge on any atom is -0.372 e. The lowest BCUT2D eigenvalue weighted by Gasteiger charge is -2.37. The van der Waals surface area contributed by atoms with Crippen LogP contribution in [0.1, 0.15) is 19.5 Å². The lowest BCUT2D eigenvalue weighted by atomic mass is 9.98. The van der Waals surface area contributed by atoms with Crippen LogP contribution in [0.2, 0.25) is 0 Å². The molecule has 0 bridgehead atoms. The Hall–Kier alpha value is -1.49. The van der Waals surface area contributed by atoms with E-state index in [-0.39, 0.29) is 25.1 Å². The van der Waals surface area contributed by atoms with Crippen LogP contribution in [0.5, 0.6) is 0 Å². The summed E-state index contributed by atoms with van der Waals surface area (Å²) in [6, 6.07) is -0.433. The van der Waals surface area contributed by atoms with Gasteiger partial charge in [0.2, 0.25) is 0 Å². The van der Waals surface area contributed by atoms with E-state index in [1.165, 1.54) is 6.20 Å². The molecule has 1 aromatic heterocycles. The van der Waals surface area contributed by atoms with Crippen molar-refractivity contribution in [3.8, 4) is 0 Å². The van der Waals surface area contributed by atoms with Crippen molar-refractivity contribution in [2.75, 3.05) is 18.5 Å². The van der Waals surface area contributed by atoms with E-state index in [0.29, 0.717) is 6.20 Å². The van der Waals surface area contributed by atoms with E-state index in [1.54, 1.807) is 13.8 Å². The zero-order valence-corrected chi connectivity index (χ0v) is 13.2. The van der Waals surface area contributed by atoms with Crippen molar-refractivity contribution in [2.24, 2.45) is 5.73 Å². The fraction of sp³-hybridized carbons (Fsp3) is 0.714. The Morgan fingerprint density at radius 3 is 2.67 bits per heavy atom. The maximum Gasteiger partial charge on any atom is 0.434 e. The molecule has 1 unspecified atom stereocenters. The van der Waals surface area contributed by atoms with Crippen molar-refractivity contribution in [1.29, 1.82) is 0 Å². The van der Waals surface area contributed by atoms with Gasteiger partial charge in [0.15, 0.2) is 11.5 Å². The third kappa shape index (κ3) is 3.46. The number of nitrogens with one attached hydrogen (secondary N) is 1. The Morgan fingerprint density at radius 1 is 1.29 bits per heavy atom. The third-order valence-corrected chi connectivity index (χ3v) is 3.91. The number of rotatable bonds is 3. The Kier molecular flexibility index (Phi) is 4.41. The molecule has 4 atom stereocenters. The summed E-state index contributed by atoms with van der Waals surface area (Å²) in [7, 11) is 0. The van der Waals surface area contributed by atoms with Gasteiger partial charge in [0.25, 0.3) is 0 Å². The number of anilines is 1. The van der Waals surface area contributed by atoms with Crippen LogP contribution in [-0.2, 0) is 20.4 Å². The van der Waals surface area contributed by atoms with E-state index in [4.69, 9.17) is 19.9 Å². The molecule has 3 heterocycles. The topological polar surface area (TPSA) is 91.5 Å². The first-order valence-corrected chi connectivity index (χ1v) is 7.53. The van der Waals surface area contributed by atoms with Crippen LogP contribution in [0.3, 0.4) is 0 Å². The Morgan fingerprint density at radius 2 is 2.00 bits per heavy atom. The summed E-state index contributed by atoms with van der Waals surface area (Å²) in [5.41, 5.74) is 4.62. The minimum atomic E-state index is -4.56. The summed E-state index contributed by atoms with van der Waals surface area (Å²) in [5, 5.41) is 2.90. The fourth-order valence-corrected chi connectivity index (χ4v) is 2.92. The molecule has 2 aliphatic heterocycles. The van der Waals surface area contributed by atoms with Crippen molar-refractivity contribution >= 4 is 5.82 Å². The number of nitrogens with two attached hydrogens (primary N) is 1. The lowest BCUT2D eigenvalue weighted by Crippen LogP contribution is -2.56. The first kappa shape index (κ1) is 17.3. The van der Waals surface area contributed by atoms with E-state index >= 15 is 0 Å². The van der Waals surface area contributed by atoms with Crippen LogP contribution in [-0.4, -0.2) is 53.3 Å². The molecule has 7 nitrogen and oxygen atoms in total. The number of aromatic nitrogens is 2. The maximum atomic E-state index is 12.7. The van der Waals surface area contributed by atoms with E-state index in [1.807, 2.05) is 0 Å². The maximum absolute atomic E-state index is 12.7. The van der Waals surface area contributed by atoms with Gasteiger partial charge in [-0.2, -0.15) is 13.2 Å². The number of halogens is 3.